The van der Waals surface area contributed by atoms with E-state index < -0.39 is 0 Å². The van der Waals surface area contributed by atoms with Gasteiger partial charge in [0.2, 0.25) is 0 Å². The molecule has 1 aromatic carbocycles. The predicted molar refractivity (Wildman–Crippen MR) is 72.4 cm³/mol. The van der Waals surface area contributed by atoms with Gasteiger partial charge in [0.15, 0.2) is 0 Å². The topological polar surface area (TPSA) is 55.7 Å². The maximum absolute atomic E-state index is 9.98. The van der Waals surface area contributed by atoms with E-state index in [4.69, 9.17) is 23.2 Å². The second-order valence-electron chi connectivity index (χ2n) is 4.30. The lowest BCUT2D eigenvalue weighted by Gasteiger charge is -2.34. The number of nitrogens with zero attached hydrogens (tertiary/aromatic N) is 1. The van der Waals surface area contributed by atoms with Gasteiger partial charge in [-0.05, 0) is 12.1 Å². The Morgan fingerprint density at radius 1 is 1.28 bits per heavy atom. The third-order valence-electron chi connectivity index (χ3n) is 3.17. The molecule has 1 aromatic rings. The lowest BCUT2D eigenvalue weighted by atomic mass is 10.0. The summed E-state index contributed by atoms with van der Waals surface area (Å²) in [5.41, 5.74) is 0.547. The van der Waals surface area contributed by atoms with Crippen LogP contribution in [0.5, 0.6) is 5.75 Å². The van der Waals surface area contributed by atoms with Gasteiger partial charge < -0.3 is 15.5 Å². The van der Waals surface area contributed by atoms with Gasteiger partial charge in [0.05, 0.1) is 17.7 Å². The van der Waals surface area contributed by atoms with Gasteiger partial charge in [-0.1, -0.05) is 23.2 Å². The predicted octanol–water partition coefficient (Wildman–Crippen LogP) is 1.64. The molecule has 1 aliphatic rings. The maximum Gasteiger partial charge on any atom is 0.123 e. The number of benzene rings is 1. The van der Waals surface area contributed by atoms with Gasteiger partial charge in [0.1, 0.15) is 5.75 Å². The van der Waals surface area contributed by atoms with E-state index in [0.29, 0.717) is 15.6 Å². The van der Waals surface area contributed by atoms with E-state index in [1.807, 2.05) is 0 Å². The number of phenols is 1. The highest BCUT2D eigenvalue weighted by Crippen LogP contribution is 2.37. The molecule has 0 saturated carbocycles. The highest BCUT2D eigenvalue weighted by molar-refractivity contribution is 6.35. The molecule has 0 radical (unpaired) electrons. The van der Waals surface area contributed by atoms with Crippen molar-refractivity contribution in [1.29, 1.82) is 0 Å². The molecule has 0 aromatic heterocycles. The molecular formula is C12H16Cl2N2O2. The summed E-state index contributed by atoms with van der Waals surface area (Å²) >= 11 is 12.0. The average molecular weight is 291 g/mol. The van der Waals surface area contributed by atoms with Crippen LogP contribution in [0.1, 0.15) is 11.6 Å². The van der Waals surface area contributed by atoms with Crippen molar-refractivity contribution < 1.29 is 10.2 Å². The van der Waals surface area contributed by atoms with Crippen LogP contribution in [0.25, 0.3) is 0 Å². The molecule has 100 valence electrons. The van der Waals surface area contributed by atoms with E-state index >= 15 is 0 Å². The molecule has 0 unspecified atom stereocenters. The second-order valence-corrected chi connectivity index (χ2v) is 5.15. The van der Waals surface area contributed by atoms with Crippen molar-refractivity contribution in [3.8, 4) is 5.75 Å². The van der Waals surface area contributed by atoms with Crippen LogP contribution in [0.2, 0.25) is 10.0 Å². The van der Waals surface area contributed by atoms with Gasteiger partial charge in [-0.3, -0.25) is 4.90 Å². The summed E-state index contributed by atoms with van der Waals surface area (Å²) in [6.45, 7) is 3.26. The van der Waals surface area contributed by atoms with Crippen molar-refractivity contribution in [3.63, 3.8) is 0 Å². The van der Waals surface area contributed by atoms with Crippen LogP contribution < -0.4 is 5.32 Å². The molecule has 2 rings (SSSR count). The number of aromatic hydroxyl groups is 1. The second kappa shape index (κ2) is 6.08. The quantitative estimate of drug-likeness (QED) is 0.792. The molecule has 3 N–H and O–H groups in total. The van der Waals surface area contributed by atoms with Crippen LogP contribution in [0, 0.1) is 0 Å². The van der Waals surface area contributed by atoms with Crippen molar-refractivity contribution in [2.75, 3.05) is 32.8 Å². The number of phenolic OH excluding ortho intramolecular Hbond substituents is 1. The van der Waals surface area contributed by atoms with E-state index in [1.54, 1.807) is 6.07 Å². The number of aliphatic hydroxyl groups excluding tert-OH is 1. The average Bonchev–Trinajstić information content (AvgIpc) is 2.34. The zero-order valence-electron chi connectivity index (χ0n) is 9.87. The first-order valence-corrected chi connectivity index (χ1v) is 6.62. The molecule has 0 spiro atoms. The highest BCUT2D eigenvalue weighted by atomic mass is 35.5. The third-order valence-corrected chi connectivity index (χ3v) is 3.70. The number of aliphatic hydroxyl groups is 1. The van der Waals surface area contributed by atoms with E-state index in [-0.39, 0.29) is 18.4 Å². The summed E-state index contributed by atoms with van der Waals surface area (Å²) in [6, 6.07) is 2.74. The fraction of sp³-hybridized carbons (Fsp3) is 0.500. The number of rotatable bonds is 3. The van der Waals surface area contributed by atoms with Crippen LogP contribution in [0.4, 0.5) is 0 Å². The van der Waals surface area contributed by atoms with Crippen molar-refractivity contribution in [1.82, 2.24) is 10.2 Å². The summed E-state index contributed by atoms with van der Waals surface area (Å²) in [7, 11) is 0. The summed E-state index contributed by atoms with van der Waals surface area (Å²) in [5.74, 6) is 0.0325. The molecule has 1 fully saturated rings. The third kappa shape index (κ3) is 2.90. The molecule has 1 aliphatic heterocycles. The maximum atomic E-state index is 9.98. The number of halogens is 2. The van der Waals surface area contributed by atoms with Gasteiger partial charge in [0, 0.05) is 36.8 Å². The number of piperazine rings is 1. The molecule has 4 nitrogen and oxygen atoms in total. The van der Waals surface area contributed by atoms with Crippen LogP contribution in [-0.2, 0) is 0 Å². The lowest BCUT2D eigenvalue weighted by molar-refractivity contribution is 0.109. The Balaban J connectivity index is 2.32. The Morgan fingerprint density at radius 2 is 1.94 bits per heavy atom. The molecule has 0 amide bonds. The Hall–Kier alpha value is -0.520. The van der Waals surface area contributed by atoms with Gasteiger partial charge in [-0.25, -0.2) is 0 Å². The van der Waals surface area contributed by atoms with Gasteiger partial charge in [-0.15, -0.1) is 0 Å². The molecule has 0 aliphatic carbocycles. The number of nitrogens with one attached hydrogen (secondary N) is 1. The van der Waals surface area contributed by atoms with E-state index in [0.717, 1.165) is 26.2 Å². The van der Waals surface area contributed by atoms with Crippen LogP contribution in [-0.4, -0.2) is 47.9 Å². The summed E-state index contributed by atoms with van der Waals surface area (Å²) < 4.78 is 0. The van der Waals surface area contributed by atoms with Crippen molar-refractivity contribution in [3.05, 3.63) is 27.7 Å². The SMILES string of the molecule is OC[C@H](c1c(O)cc(Cl)cc1Cl)N1CCNCC1. The van der Waals surface area contributed by atoms with Crippen LogP contribution in [0.3, 0.4) is 0 Å². The van der Waals surface area contributed by atoms with E-state index in [1.165, 1.54) is 6.07 Å². The number of hydrogen-bond donors (Lipinski definition) is 3. The molecule has 1 atom stereocenters. The minimum Gasteiger partial charge on any atom is -0.507 e. The van der Waals surface area contributed by atoms with Crippen molar-refractivity contribution in [2.24, 2.45) is 0 Å². The zero-order valence-corrected chi connectivity index (χ0v) is 11.4. The molecule has 18 heavy (non-hydrogen) atoms. The smallest absolute Gasteiger partial charge is 0.123 e. The first-order chi connectivity index (χ1) is 8.63. The standard InChI is InChI=1S/C12H16Cl2N2O2/c13-8-5-9(14)12(11(18)6-8)10(7-17)16-3-1-15-2-4-16/h5-6,10,15,17-18H,1-4,7H2/t10-/m1/s1. The minimum atomic E-state index is -0.295. The fourth-order valence-electron chi connectivity index (χ4n) is 2.28. The van der Waals surface area contributed by atoms with Crippen LogP contribution in [0.15, 0.2) is 12.1 Å². The highest BCUT2D eigenvalue weighted by Gasteiger charge is 2.26. The fourth-order valence-corrected chi connectivity index (χ4v) is 2.89. The Kier molecular flexibility index (Phi) is 4.70. The molecule has 1 heterocycles. The van der Waals surface area contributed by atoms with Crippen molar-refractivity contribution in [2.45, 2.75) is 6.04 Å². The first-order valence-electron chi connectivity index (χ1n) is 5.87. The zero-order chi connectivity index (χ0) is 13.1. The Morgan fingerprint density at radius 3 is 2.50 bits per heavy atom. The first kappa shape index (κ1) is 13.9. The van der Waals surface area contributed by atoms with Gasteiger partial charge in [-0.2, -0.15) is 0 Å². The lowest BCUT2D eigenvalue weighted by Crippen LogP contribution is -2.46. The molecule has 0 bridgehead atoms. The van der Waals surface area contributed by atoms with Gasteiger partial charge in [0.25, 0.3) is 0 Å². The minimum absolute atomic E-state index is 0.0325. The number of hydrogen-bond acceptors (Lipinski definition) is 4. The van der Waals surface area contributed by atoms with Crippen LogP contribution >= 0.6 is 23.2 Å². The molecular weight excluding hydrogens is 275 g/mol. The van der Waals surface area contributed by atoms with E-state index in [9.17, 15) is 10.2 Å². The molecule has 6 heteroatoms. The largest absolute Gasteiger partial charge is 0.507 e. The summed E-state index contributed by atoms with van der Waals surface area (Å²) in [6.07, 6.45) is 0. The Bertz CT molecular complexity index is 400. The summed E-state index contributed by atoms with van der Waals surface area (Å²) in [4.78, 5) is 2.10. The molecule has 1 saturated heterocycles. The normalized spacial score (nSPS) is 18.8. The van der Waals surface area contributed by atoms with E-state index in [2.05, 4.69) is 10.2 Å². The monoisotopic (exact) mass is 290 g/mol. The van der Waals surface area contributed by atoms with Gasteiger partial charge >= 0.3 is 0 Å². The Labute approximate surface area is 116 Å². The van der Waals surface area contributed by atoms with Crippen molar-refractivity contribution >= 4 is 23.2 Å². The summed E-state index contributed by atoms with van der Waals surface area (Å²) in [5, 5.41) is 23.6.